The molecule has 2 aromatic heterocycles. The van der Waals surface area contributed by atoms with E-state index in [1.165, 1.54) is 0 Å². The third-order valence-corrected chi connectivity index (χ3v) is 4.16. The summed E-state index contributed by atoms with van der Waals surface area (Å²) in [4.78, 5) is 28.4. The van der Waals surface area contributed by atoms with E-state index < -0.39 is 6.09 Å². The molecule has 3 aromatic rings. The first-order valence-corrected chi connectivity index (χ1v) is 8.51. The van der Waals surface area contributed by atoms with Gasteiger partial charge in [0.05, 0.1) is 6.54 Å². The zero-order chi connectivity index (χ0) is 18.7. The zero-order valence-corrected chi connectivity index (χ0v) is 14.8. The fourth-order valence-corrected chi connectivity index (χ4v) is 3.15. The van der Waals surface area contributed by atoms with Crippen LogP contribution in [0.1, 0.15) is 19.5 Å². The highest BCUT2D eigenvalue weighted by Crippen LogP contribution is 2.30. The number of rotatable bonds is 5. The van der Waals surface area contributed by atoms with Crippen molar-refractivity contribution in [3.05, 3.63) is 64.7 Å². The van der Waals surface area contributed by atoms with Crippen molar-refractivity contribution in [1.29, 1.82) is 0 Å². The maximum Gasteiger partial charge on any atom is 0.404 e. The minimum atomic E-state index is -1.13. The first kappa shape index (κ1) is 17.7. The molecule has 0 radical (unpaired) electrons. The Morgan fingerprint density at radius 1 is 1.19 bits per heavy atom. The van der Waals surface area contributed by atoms with Gasteiger partial charge in [-0.1, -0.05) is 50.2 Å². The molecule has 0 aliphatic heterocycles. The largest absolute Gasteiger partial charge is 0.465 e. The summed E-state index contributed by atoms with van der Waals surface area (Å²) in [5, 5.41) is 12.2. The highest BCUT2D eigenvalue weighted by molar-refractivity contribution is 5.95. The second-order valence-corrected chi connectivity index (χ2v) is 6.56. The van der Waals surface area contributed by atoms with Gasteiger partial charge in [-0.25, -0.2) is 4.79 Å². The second-order valence-electron chi connectivity index (χ2n) is 6.56. The number of hydrogen-bond donors (Lipinski definition) is 2. The zero-order valence-electron chi connectivity index (χ0n) is 14.8. The van der Waals surface area contributed by atoms with Crippen molar-refractivity contribution in [3.8, 4) is 11.1 Å². The second kappa shape index (κ2) is 7.39. The molecule has 0 aliphatic carbocycles. The van der Waals surface area contributed by atoms with E-state index in [1.54, 1.807) is 16.8 Å². The van der Waals surface area contributed by atoms with Gasteiger partial charge in [0.1, 0.15) is 5.52 Å². The number of nitrogens with zero attached hydrogens (tertiary/aromatic N) is 2. The molecular weight excluding hydrogens is 330 g/mol. The fourth-order valence-electron chi connectivity index (χ4n) is 3.15. The van der Waals surface area contributed by atoms with Gasteiger partial charge in [0.25, 0.3) is 5.56 Å². The molecule has 2 N–H and O–H groups in total. The van der Waals surface area contributed by atoms with Gasteiger partial charge in [-0.15, -0.1) is 0 Å². The maximum atomic E-state index is 13.0. The predicted octanol–water partition coefficient (Wildman–Crippen LogP) is 3.49. The van der Waals surface area contributed by atoms with Gasteiger partial charge < -0.3 is 15.0 Å². The van der Waals surface area contributed by atoms with Crippen LogP contribution in [0, 0.1) is 5.92 Å². The van der Waals surface area contributed by atoms with Crippen LogP contribution in [0.25, 0.3) is 22.0 Å². The maximum absolute atomic E-state index is 13.0. The van der Waals surface area contributed by atoms with Crippen LogP contribution in [-0.2, 0) is 13.1 Å². The lowest BCUT2D eigenvalue weighted by molar-refractivity contribution is 0.193. The molecule has 0 fully saturated rings. The minimum Gasteiger partial charge on any atom is -0.465 e. The SMILES string of the molecule is CC(C)Cn1c(CNC(=O)O)c(-c2ccccc2)c2cccnc2c1=O. The molecule has 0 aliphatic rings. The van der Waals surface area contributed by atoms with Crippen LogP contribution in [0.2, 0.25) is 0 Å². The van der Waals surface area contributed by atoms with Gasteiger partial charge in [0.15, 0.2) is 0 Å². The fraction of sp³-hybridized carbons (Fsp3) is 0.250. The molecular formula is C20H21N3O3. The van der Waals surface area contributed by atoms with Crippen molar-refractivity contribution in [2.45, 2.75) is 26.9 Å². The van der Waals surface area contributed by atoms with Crippen molar-refractivity contribution in [1.82, 2.24) is 14.9 Å². The Labute approximate surface area is 151 Å². The first-order chi connectivity index (χ1) is 12.5. The normalized spacial score (nSPS) is 11.0. The topological polar surface area (TPSA) is 84.2 Å². The molecule has 3 rings (SSSR count). The average molecular weight is 351 g/mol. The van der Waals surface area contributed by atoms with Crippen molar-refractivity contribution >= 4 is 17.0 Å². The number of hydrogen-bond acceptors (Lipinski definition) is 3. The van der Waals surface area contributed by atoms with Gasteiger partial charge in [-0.05, 0) is 17.5 Å². The molecule has 6 heteroatoms. The minimum absolute atomic E-state index is 0.0480. The van der Waals surface area contributed by atoms with E-state index in [0.29, 0.717) is 17.8 Å². The quantitative estimate of drug-likeness (QED) is 0.737. The smallest absolute Gasteiger partial charge is 0.404 e. The monoisotopic (exact) mass is 351 g/mol. The van der Waals surface area contributed by atoms with E-state index in [2.05, 4.69) is 10.3 Å². The molecule has 1 amide bonds. The summed E-state index contributed by atoms with van der Waals surface area (Å²) in [6.45, 7) is 4.57. The van der Waals surface area contributed by atoms with Crippen molar-refractivity contribution in [2.24, 2.45) is 5.92 Å². The summed E-state index contributed by atoms with van der Waals surface area (Å²) in [6.07, 6.45) is 0.478. The van der Waals surface area contributed by atoms with Gasteiger partial charge >= 0.3 is 6.09 Å². The van der Waals surface area contributed by atoms with Crippen LogP contribution in [-0.4, -0.2) is 20.8 Å². The lowest BCUT2D eigenvalue weighted by Crippen LogP contribution is -2.31. The van der Waals surface area contributed by atoms with E-state index in [4.69, 9.17) is 5.11 Å². The van der Waals surface area contributed by atoms with Gasteiger partial charge in [-0.2, -0.15) is 0 Å². The van der Waals surface area contributed by atoms with E-state index in [0.717, 1.165) is 16.5 Å². The van der Waals surface area contributed by atoms with E-state index in [1.807, 2.05) is 50.2 Å². The van der Waals surface area contributed by atoms with E-state index in [9.17, 15) is 9.59 Å². The van der Waals surface area contributed by atoms with Crippen LogP contribution in [0.15, 0.2) is 53.5 Å². The number of benzene rings is 1. The molecule has 6 nitrogen and oxygen atoms in total. The Hall–Kier alpha value is -3.15. The number of amides is 1. The van der Waals surface area contributed by atoms with Crippen LogP contribution in [0.3, 0.4) is 0 Å². The van der Waals surface area contributed by atoms with Gasteiger partial charge in [0.2, 0.25) is 0 Å². The summed E-state index contributed by atoms with van der Waals surface area (Å²) < 4.78 is 1.65. The number of carbonyl (C=O) groups is 1. The lowest BCUT2D eigenvalue weighted by atomic mass is 9.98. The Morgan fingerprint density at radius 2 is 1.92 bits per heavy atom. The van der Waals surface area contributed by atoms with E-state index >= 15 is 0 Å². The van der Waals surface area contributed by atoms with Crippen LogP contribution in [0.5, 0.6) is 0 Å². The molecule has 1 aromatic carbocycles. The highest BCUT2D eigenvalue weighted by Gasteiger charge is 2.19. The Bertz CT molecular complexity index is 994. The highest BCUT2D eigenvalue weighted by atomic mass is 16.4. The molecule has 0 spiro atoms. The lowest BCUT2D eigenvalue weighted by Gasteiger charge is -2.21. The molecule has 2 heterocycles. The number of fused-ring (bicyclic) bond motifs is 1. The molecule has 0 unspecified atom stereocenters. The van der Waals surface area contributed by atoms with Crippen LogP contribution >= 0.6 is 0 Å². The van der Waals surface area contributed by atoms with Crippen molar-refractivity contribution in [2.75, 3.05) is 0 Å². The Morgan fingerprint density at radius 3 is 2.58 bits per heavy atom. The predicted molar refractivity (Wildman–Crippen MR) is 101 cm³/mol. The third-order valence-electron chi connectivity index (χ3n) is 4.16. The molecule has 26 heavy (non-hydrogen) atoms. The summed E-state index contributed by atoms with van der Waals surface area (Å²) in [5.74, 6) is 0.223. The summed E-state index contributed by atoms with van der Waals surface area (Å²) in [5.41, 5.74) is 2.60. The third kappa shape index (κ3) is 3.44. The summed E-state index contributed by atoms with van der Waals surface area (Å²) in [6, 6.07) is 13.3. The van der Waals surface area contributed by atoms with Gasteiger partial charge in [-0.3, -0.25) is 9.78 Å². The first-order valence-electron chi connectivity index (χ1n) is 8.51. The van der Waals surface area contributed by atoms with Gasteiger partial charge in [0, 0.05) is 29.4 Å². The molecule has 134 valence electrons. The molecule has 0 saturated carbocycles. The Kier molecular flexibility index (Phi) is 5.02. The molecule has 0 bridgehead atoms. The number of nitrogens with one attached hydrogen (secondary N) is 1. The molecule has 0 saturated heterocycles. The summed E-state index contributed by atoms with van der Waals surface area (Å²) >= 11 is 0. The molecule has 0 atom stereocenters. The number of carboxylic acid groups (broad SMARTS) is 1. The summed E-state index contributed by atoms with van der Waals surface area (Å²) in [7, 11) is 0. The van der Waals surface area contributed by atoms with Crippen molar-refractivity contribution in [3.63, 3.8) is 0 Å². The Balaban J connectivity index is 2.39. The van der Waals surface area contributed by atoms with Crippen molar-refractivity contribution < 1.29 is 9.90 Å². The number of pyridine rings is 2. The average Bonchev–Trinajstić information content (AvgIpc) is 2.63. The van der Waals surface area contributed by atoms with Crippen LogP contribution in [0.4, 0.5) is 4.79 Å². The van der Waals surface area contributed by atoms with E-state index in [-0.39, 0.29) is 18.0 Å². The van der Waals surface area contributed by atoms with Crippen LogP contribution < -0.4 is 10.9 Å². The number of aromatic nitrogens is 2. The standard InChI is InChI=1S/C20H21N3O3/c1-13(2)12-23-16(11-22-20(25)26)17(14-7-4-3-5-8-14)15-9-6-10-21-18(15)19(23)24/h3-10,13,22H,11-12H2,1-2H3,(H,25,26).